The highest BCUT2D eigenvalue weighted by Gasteiger charge is 2.41. The van der Waals surface area contributed by atoms with E-state index in [4.69, 9.17) is 5.73 Å². The summed E-state index contributed by atoms with van der Waals surface area (Å²) in [6, 6.07) is 5.48. The molecule has 1 aliphatic rings. The third kappa shape index (κ3) is 2.07. The van der Waals surface area contributed by atoms with Gasteiger partial charge in [0.1, 0.15) is 0 Å². The minimum absolute atomic E-state index is 0.213. The molecule has 16 heavy (non-hydrogen) atoms. The van der Waals surface area contributed by atoms with E-state index >= 15 is 0 Å². The average molecular weight is 220 g/mol. The van der Waals surface area contributed by atoms with E-state index in [2.05, 4.69) is 0 Å². The number of nitrogens with two attached hydrogens (primary N) is 1. The first-order valence-electron chi connectivity index (χ1n) is 5.50. The summed E-state index contributed by atoms with van der Waals surface area (Å²) in [4.78, 5) is 10.5. The normalized spacial score (nSPS) is 17.1. The highest BCUT2D eigenvalue weighted by molar-refractivity contribution is 5.42. The van der Waals surface area contributed by atoms with Gasteiger partial charge in [-0.1, -0.05) is 12.1 Å². The van der Waals surface area contributed by atoms with Gasteiger partial charge >= 0.3 is 0 Å². The number of benzene rings is 1. The third-order valence-corrected chi connectivity index (χ3v) is 3.44. The van der Waals surface area contributed by atoms with Crippen molar-refractivity contribution in [3.8, 4) is 0 Å². The van der Waals surface area contributed by atoms with Gasteiger partial charge in [0.05, 0.1) is 4.92 Å². The first kappa shape index (κ1) is 11.1. The fourth-order valence-corrected chi connectivity index (χ4v) is 2.02. The van der Waals surface area contributed by atoms with Crippen molar-refractivity contribution in [3.63, 3.8) is 0 Å². The number of rotatable bonds is 4. The second kappa shape index (κ2) is 3.87. The predicted molar refractivity (Wildman–Crippen MR) is 62.3 cm³/mol. The number of nitro groups is 1. The number of hydrogen-bond acceptors (Lipinski definition) is 3. The molecule has 1 aliphatic carbocycles. The molecule has 1 aromatic rings. The highest BCUT2D eigenvalue weighted by atomic mass is 16.6. The molecule has 4 nitrogen and oxygen atoms in total. The van der Waals surface area contributed by atoms with Gasteiger partial charge < -0.3 is 5.73 Å². The van der Waals surface area contributed by atoms with E-state index in [1.807, 2.05) is 12.1 Å². The van der Waals surface area contributed by atoms with Crippen LogP contribution in [0.15, 0.2) is 18.2 Å². The maximum Gasteiger partial charge on any atom is 0.272 e. The molecule has 0 saturated heterocycles. The van der Waals surface area contributed by atoms with Crippen LogP contribution in [0.5, 0.6) is 0 Å². The van der Waals surface area contributed by atoms with Gasteiger partial charge in [-0.15, -0.1) is 0 Å². The average Bonchev–Trinajstić information content (AvgIpc) is 3.01. The zero-order chi connectivity index (χ0) is 11.8. The Kier molecular flexibility index (Phi) is 2.68. The third-order valence-electron chi connectivity index (χ3n) is 3.44. The molecule has 86 valence electrons. The monoisotopic (exact) mass is 220 g/mol. The zero-order valence-corrected chi connectivity index (χ0v) is 9.40. The summed E-state index contributed by atoms with van der Waals surface area (Å²) in [6.45, 7) is 2.44. The highest BCUT2D eigenvalue weighted by Crippen LogP contribution is 2.47. The molecule has 1 fully saturated rings. The second-order valence-corrected chi connectivity index (χ2v) is 4.76. The molecule has 0 bridgehead atoms. The lowest BCUT2D eigenvalue weighted by Gasteiger charge is -2.12. The SMILES string of the molecule is Cc1ccc(CC2(CN)CC2)cc1[N+](=O)[O-]. The Labute approximate surface area is 94.6 Å². The van der Waals surface area contributed by atoms with Crippen molar-refractivity contribution in [2.75, 3.05) is 6.54 Å². The summed E-state index contributed by atoms with van der Waals surface area (Å²) in [5, 5.41) is 10.8. The molecular weight excluding hydrogens is 204 g/mol. The number of nitro benzene ring substituents is 1. The molecule has 0 spiro atoms. The minimum Gasteiger partial charge on any atom is -0.330 e. The molecule has 0 aliphatic heterocycles. The number of nitrogens with zero attached hydrogens (tertiary/aromatic N) is 1. The Morgan fingerprint density at radius 2 is 2.19 bits per heavy atom. The smallest absolute Gasteiger partial charge is 0.272 e. The topological polar surface area (TPSA) is 69.2 Å². The van der Waals surface area contributed by atoms with Gasteiger partial charge in [0.2, 0.25) is 0 Å². The molecule has 2 N–H and O–H groups in total. The van der Waals surface area contributed by atoms with Crippen LogP contribution in [0.2, 0.25) is 0 Å². The summed E-state index contributed by atoms with van der Waals surface area (Å²) in [6.07, 6.45) is 3.15. The molecule has 4 heteroatoms. The Bertz CT molecular complexity index is 425. The maximum absolute atomic E-state index is 10.8. The van der Waals surface area contributed by atoms with Gasteiger partial charge in [-0.25, -0.2) is 0 Å². The lowest BCUT2D eigenvalue weighted by Crippen LogP contribution is -2.17. The van der Waals surface area contributed by atoms with Gasteiger partial charge in [-0.05, 0) is 43.7 Å². The van der Waals surface area contributed by atoms with Crippen LogP contribution < -0.4 is 5.73 Å². The Morgan fingerprint density at radius 3 is 2.69 bits per heavy atom. The summed E-state index contributed by atoms with van der Waals surface area (Å²) >= 11 is 0. The van der Waals surface area contributed by atoms with Gasteiger partial charge in [-0.2, -0.15) is 0 Å². The van der Waals surface area contributed by atoms with E-state index in [0.29, 0.717) is 12.1 Å². The van der Waals surface area contributed by atoms with Gasteiger partial charge in [0, 0.05) is 11.6 Å². The second-order valence-electron chi connectivity index (χ2n) is 4.76. The molecule has 0 unspecified atom stereocenters. The zero-order valence-electron chi connectivity index (χ0n) is 9.40. The van der Waals surface area contributed by atoms with E-state index in [0.717, 1.165) is 24.8 Å². The van der Waals surface area contributed by atoms with Crippen LogP contribution in [0, 0.1) is 22.5 Å². The predicted octanol–water partition coefficient (Wildman–Crippen LogP) is 2.18. The van der Waals surface area contributed by atoms with Crippen LogP contribution in [-0.4, -0.2) is 11.5 Å². The van der Waals surface area contributed by atoms with Crippen LogP contribution in [0.25, 0.3) is 0 Å². The van der Waals surface area contributed by atoms with E-state index in [-0.39, 0.29) is 16.0 Å². The van der Waals surface area contributed by atoms with E-state index in [1.54, 1.807) is 13.0 Å². The quantitative estimate of drug-likeness (QED) is 0.624. The van der Waals surface area contributed by atoms with Crippen molar-refractivity contribution in [1.82, 2.24) is 0 Å². The number of aryl methyl sites for hydroxylation is 1. The van der Waals surface area contributed by atoms with Crippen LogP contribution in [0.4, 0.5) is 5.69 Å². The van der Waals surface area contributed by atoms with Gasteiger partial charge in [0.25, 0.3) is 5.69 Å². The van der Waals surface area contributed by atoms with E-state index < -0.39 is 0 Å². The summed E-state index contributed by atoms with van der Waals surface area (Å²) in [5.41, 5.74) is 7.89. The molecule has 0 aromatic heterocycles. The Morgan fingerprint density at radius 1 is 1.50 bits per heavy atom. The molecule has 2 rings (SSSR count). The van der Waals surface area contributed by atoms with Crippen molar-refractivity contribution in [2.45, 2.75) is 26.2 Å². The first-order valence-corrected chi connectivity index (χ1v) is 5.50. The fraction of sp³-hybridized carbons (Fsp3) is 0.500. The van der Waals surface area contributed by atoms with Crippen molar-refractivity contribution in [1.29, 1.82) is 0 Å². The van der Waals surface area contributed by atoms with E-state index in [9.17, 15) is 10.1 Å². The largest absolute Gasteiger partial charge is 0.330 e. The molecule has 0 radical (unpaired) electrons. The molecule has 1 saturated carbocycles. The minimum atomic E-state index is -0.319. The summed E-state index contributed by atoms with van der Waals surface area (Å²) < 4.78 is 0. The van der Waals surface area contributed by atoms with E-state index in [1.165, 1.54) is 0 Å². The maximum atomic E-state index is 10.8. The number of hydrogen-bond donors (Lipinski definition) is 1. The van der Waals surface area contributed by atoms with Crippen molar-refractivity contribution >= 4 is 5.69 Å². The van der Waals surface area contributed by atoms with Crippen LogP contribution in [0.3, 0.4) is 0 Å². The summed E-state index contributed by atoms with van der Waals surface area (Å²) in [5.74, 6) is 0. The molecule has 0 heterocycles. The van der Waals surface area contributed by atoms with Crippen molar-refractivity contribution < 1.29 is 4.92 Å². The van der Waals surface area contributed by atoms with Crippen LogP contribution in [0.1, 0.15) is 24.0 Å². The lowest BCUT2D eigenvalue weighted by atomic mass is 9.95. The summed E-state index contributed by atoms with van der Waals surface area (Å²) in [7, 11) is 0. The van der Waals surface area contributed by atoms with Crippen molar-refractivity contribution in [3.05, 3.63) is 39.4 Å². The fourth-order valence-electron chi connectivity index (χ4n) is 2.02. The molecule has 0 amide bonds. The standard InChI is InChI=1S/C12H16N2O2/c1-9-2-3-10(6-11(9)14(15)16)7-12(8-13)4-5-12/h2-3,6H,4-5,7-8,13H2,1H3. The first-order chi connectivity index (χ1) is 7.56. The van der Waals surface area contributed by atoms with Crippen LogP contribution in [-0.2, 0) is 6.42 Å². The molecular formula is C12H16N2O2. The molecule has 1 aromatic carbocycles. The van der Waals surface area contributed by atoms with Gasteiger partial charge in [0.15, 0.2) is 0 Å². The molecule has 0 atom stereocenters. The Hall–Kier alpha value is -1.42. The van der Waals surface area contributed by atoms with Crippen molar-refractivity contribution in [2.24, 2.45) is 11.1 Å². The van der Waals surface area contributed by atoms with Crippen LogP contribution >= 0.6 is 0 Å². The Balaban J connectivity index is 2.23. The lowest BCUT2D eigenvalue weighted by molar-refractivity contribution is -0.385. The van der Waals surface area contributed by atoms with Gasteiger partial charge in [-0.3, -0.25) is 10.1 Å².